The lowest BCUT2D eigenvalue weighted by atomic mass is 10.1. The SMILES string of the molecule is C=CC(N[S@@](=O)C(C)(C)C)c1cc([N+](=O)[O-])ccc1SC1CC1. The Morgan fingerprint density at radius 1 is 1.48 bits per heavy atom. The van der Waals surface area contributed by atoms with Crippen LogP contribution in [0.15, 0.2) is 35.7 Å². The van der Waals surface area contributed by atoms with Crippen LogP contribution in [-0.4, -0.2) is 19.1 Å². The lowest BCUT2D eigenvalue weighted by molar-refractivity contribution is -0.385. The van der Waals surface area contributed by atoms with Gasteiger partial charge in [0, 0.05) is 22.3 Å². The molecule has 23 heavy (non-hydrogen) atoms. The van der Waals surface area contributed by atoms with E-state index >= 15 is 0 Å². The third-order valence-electron chi connectivity index (χ3n) is 3.38. The minimum atomic E-state index is -1.29. The Kier molecular flexibility index (Phi) is 5.65. The fraction of sp³-hybridized carbons (Fsp3) is 0.500. The van der Waals surface area contributed by atoms with Gasteiger partial charge >= 0.3 is 0 Å². The summed E-state index contributed by atoms with van der Waals surface area (Å²) in [5.74, 6) is 0. The number of nitrogens with zero attached hydrogens (tertiary/aromatic N) is 1. The van der Waals surface area contributed by atoms with E-state index in [2.05, 4.69) is 11.3 Å². The lowest BCUT2D eigenvalue weighted by Crippen LogP contribution is -2.35. The van der Waals surface area contributed by atoms with E-state index in [-0.39, 0.29) is 5.69 Å². The Hall–Kier alpha value is -1.18. The van der Waals surface area contributed by atoms with Gasteiger partial charge in [-0.25, -0.2) is 8.93 Å². The van der Waals surface area contributed by atoms with Crippen molar-refractivity contribution in [1.29, 1.82) is 0 Å². The number of hydrogen-bond donors (Lipinski definition) is 1. The number of rotatable bonds is 7. The number of nitro benzene ring substituents is 1. The summed E-state index contributed by atoms with van der Waals surface area (Å²) in [7, 11) is -1.29. The normalized spacial score (nSPS) is 17.5. The number of hydrogen-bond acceptors (Lipinski definition) is 4. The Morgan fingerprint density at radius 3 is 2.61 bits per heavy atom. The van der Waals surface area contributed by atoms with Gasteiger partial charge in [0.25, 0.3) is 5.69 Å². The molecule has 2 atom stereocenters. The number of nitrogens with one attached hydrogen (secondary N) is 1. The minimum absolute atomic E-state index is 0.0373. The summed E-state index contributed by atoms with van der Waals surface area (Å²) in [5.41, 5.74) is 0.805. The van der Waals surface area contributed by atoms with Crippen LogP contribution in [0.2, 0.25) is 0 Å². The molecule has 1 N–H and O–H groups in total. The Balaban J connectivity index is 2.34. The minimum Gasteiger partial charge on any atom is -0.258 e. The summed E-state index contributed by atoms with van der Waals surface area (Å²) >= 11 is 1.73. The van der Waals surface area contributed by atoms with Gasteiger partial charge in [0.15, 0.2) is 0 Å². The highest BCUT2D eigenvalue weighted by atomic mass is 32.2. The molecule has 1 unspecified atom stereocenters. The van der Waals surface area contributed by atoms with E-state index in [9.17, 15) is 14.3 Å². The van der Waals surface area contributed by atoms with Crippen molar-refractivity contribution >= 4 is 28.4 Å². The maximum absolute atomic E-state index is 12.4. The molecule has 1 aliphatic rings. The number of non-ortho nitro benzene ring substituents is 1. The molecule has 0 saturated heterocycles. The first-order valence-electron chi connectivity index (χ1n) is 7.48. The van der Waals surface area contributed by atoms with Crippen LogP contribution >= 0.6 is 11.8 Å². The van der Waals surface area contributed by atoms with Crippen molar-refractivity contribution in [3.8, 4) is 0 Å². The zero-order chi connectivity index (χ0) is 17.2. The van der Waals surface area contributed by atoms with Gasteiger partial charge in [-0.15, -0.1) is 18.3 Å². The number of thioether (sulfide) groups is 1. The van der Waals surface area contributed by atoms with E-state index in [1.165, 1.54) is 18.9 Å². The van der Waals surface area contributed by atoms with Gasteiger partial charge in [0.2, 0.25) is 0 Å². The molecule has 5 nitrogen and oxygen atoms in total. The molecule has 1 aromatic rings. The average molecular weight is 354 g/mol. The van der Waals surface area contributed by atoms with Crippen molar-refractivity contribution in [2.75, 3.05) is 0 Å². The molecule has 2 rings (SSSR count). The predicted molar refractivity (Wildman–Crippen MR) is 95.9 cm³/mol. The Morgan fingerprint density at radius 2 is 2.13 bits per heavy atom. The average Bonchev–Trinajstić information content (AvgIpc) is 3.27. The zero-order valence-electron chi connectivity index (χ0n) is 13.6. The first-order valence-corrected chi connectivity index (χ1v) is 9.51. The molecule has 0 aromatic heterocycles. The third-order valence-corrected chi connectivity index (χ3v) is 6.39. The fourth-order valence-electron chi connectivity index (χ4n) is 1.90. The quantitative estimate of drug-likeness (QED) is 0.454. The van der Waals surface area contributed by atoms with Crippen molar-refractivity contribution in [1.82, 2.24) is 4.72 Å². The van der Waals surface area contributed by atoms with E-state index in [1.807, 2.05) is 20.8 Å². The molecule has 0 aliphatic heterocycles. The molecular weight excluding hydrogens is 332 g/mol. The summed E-state index contributed by atoms with van der Waals surface area (Å²) in [6.07, 6.45) is 3.99. The molecule has 1 aliphatic carbocycles. The van der Waals surface area contributed by atoms with E-state index < -0.39 is 26.7 Å². The number of nitro groups is 1. The van der Waals surface area contributed by atoms with Gasteiger partial charge in [0.1, 0.15) is 0 Å². The second kappa shape index (κ2) is 7.15. The summed E-state index contributed by atoms with van der Waals surface area (Å²) in [5, 5.41) is 11.7. The van der Waals surface area contributed by atoms with E-state index in [4.69, 9.17) is 0 Å². The van der Waals surface area contributed by atoms with Crippen molar-refractivity contribution in [2.45, 2.75) is 54.5 Å². The highest BCUT2D eigenvalue weighted by Gasteiger charge is 2.28. The molecular formula is C16H22N2O3S2. The van der Waals surface area contributed by atoms with Crippen molar-refractivity contribution in [2.24, 2.45) is 0 Å². The van der Waals surface area contributed by atoms with Crippen molar-refractivity contribution in [3.05, 3.63) is 46.5 Å². The second-order valence-corrected chi connectivity index (χ2v) is 9.85. The molecule has 0 spiro atoms. The monoisotopic (exact) mass is 354 g/mol. The molecule has 1 fully saturated rings. The summed E-state index contributed by atoms with van der Waals surface area (Å²) < 4.78 is 15.0. The van der Waals surface area contributed by atoms with Gasteiger partial charge in [0.05, 0.1) is 26.7 Å². The van der Waals surface area contributed by atoms with Crippen molar-refractivity contribution < 1.29 is 9.13 Å². The molecule has 1 saturated carbocycles. The van der Waals surface area contributed by atoms with Crippen LogP contribution in [-0.2, 0) is 11.0 Å². The van der Waals surface area contributed by atoms with E-state index in [0.717, 1.165) is 10.5 Å². The highest BCUT2D eigenvalue weighted by molar-refractivity contribution is 8.00. The van der Waals surface area contributed by atoms with E-state index in [0.29, 0.717) is 5.25 Å². The van der Waals surface area contributed by atoms with Gasteiger partial charge < -0.3 is 0 Å². The van der Waals surface area contributed by atoms with Crippen LogP contribution in [0.3, 0.4) is 0 Å². The lowest BCUT2D eigenvalue weighted by Gasteiger charge is -2.23. The zero-order valence-corrected chi connectivity index (χ0v) is 15.2. The summed E-state index contributed by atoms with van der Waals surface area (Å²) in [6, 6.07) is 4.48. The van der Waals surface area contributed by atoms with Crippen LogP contribution in [0.1, 0.15) is 45.2 Å². The van der Waals surface area contributed by atoms with Crippen LogP contribution in [0.25, 0.3) is 0 Å². The number of benzene rings is 1. The standard InChI is InChI=1S/C16H22N2O3S2/c1-5-14(17-23(21)16(2,3)4)13-10-11(18(19)20)6-9-15(13)22-12-7-8-12/h5-6,9-10,12,14,17H,1,7-8H2,2-4H3/t14?,23-/m0/s1. The van der Waals surface area contributed by atoms with Gasteiger partial charge in [-0.3, -0.25) is 10.1 Å². The van der Waals surface area contributed by atoms with Crippen LogP contribution < -0.4 is 4.72 Å². The summed E-state index contributed by atoms with van der Waals surface area (Å²) in [6.45, 7) is 9.44. The fourth-order valence-corrected chi connectivity index (χ4v) is 3.90. The molecule has 0 radical (unpaired) electrons. The van der Waals surface area contributed by atoms with Crippen LogP contribution in [0.4, 0.5) is 5.69 Å². The highest BCUT2D eigenvalue weighted by Crippen LogP contribution is 2.42. The third kappa shape index (κ3) is 4.89. The molecule has 1 aromatic carbocycles. The molecule has 7 heteroatoms. The largest absolute Gasteiger partial charge is 0.269 e. The predicted octanol–water partition coefficient (Wildman–Crippen LogP) is 4.13. The molecule has 0 bridgehead atoms. The van der Waals surface area contributed by atoms with E-state index in [1.54, 1.807) is 30.0 Å². The maximum Gasteiger partial charge on any atom is 0.269 e. The summed E-state index contributed by atoms with van der Waals surface area (Å²) in [4.78, 5) is 11.7. The maximum atomic E-state index is 12.4. The molecule has 0 heterocycles. The molecule has 0 amide bonds. The van der Waals surface area contributed by atoms with Gasteiger partial charge in [-0.1, -0.05) is 6.08 Å². The first-order chi connectivity index (χ1) is 10.7. The Bertz CT molecular complexity index is 637. The van der Waals surface area contributed by atoms with Crippen LogP contribution in [0.5, 0.6) is 0 Å². The van der Waals surface area contributed by atoms with Crippen LogP contribution in [0, 0.1) is 10.1 Å². The van der Waals surface area contributed by atoms with Gasteiger partial charge in [-0.2, -0.15) is 0 Å². The second-order valence-electron chi connectivity index (χ2n) is 6.51. The first kappa shape index (κ1) is 18.2. The van der Waals surface area contributed by atoms with Crippen molar-refractivity contribution in [3.63, 3.8) is 0 Å². The topological polar surface area (TPSA) is 72.2 Å². The Labute approximate surface area is 143 Å². The smallest absolute Gasteiger partial charge is 0.258 e. The van der Waals surface area contributed by atoms with Gasteiger partial charge in [-0.05, 0) is 45.2 Å². The molecule has 126 valence electrons.